The Labute approximate surface area is 118 Å². The van der Waals surface area contributed by atoms with Crippen LogP contribution in [0.1, 0.15) is 28.8 Å². The van der Waals surface area contributed by atoms with Crippen molar-refractivity contribution in [1.29, 1.82) is 5.26 Å². The zero-order valence-corrected chi connectivity index (χ0v) is 11.1. The van der Waals surface area contributed by atoms with Gasteiger partial charge in [-0.2, -0.15) is 5.26 Å². The van der Waals surface area contributed by atoms with Crippen molar-refractivity contribution in [1.82, 2.24) is 4.90 Å². The molecule has 3 nitrogen and oxygen atoms in total. The molecule has 0 radical (unpaired) electrons. The highest BCUT2D eigenvalue weighted by atomic mass is 16.3. The first kappa shape index (κ1) is 12.9. The average molecular weight is 264 g/mol. The van der Waals surface area contributed by atoms with Gasteiger partial charge in [-0.25, -0.2) is 0 Å². The van der Waals surface area contributed by atoms with E-state index in [2.05, 4.69) is 23.1 Å². The Hall–Kier alpha value is -2.15. The summed E-state index contributed by atoms with van der Waals surface area (Å²) in [5.41, 5.74) is 2.79. The molecule has 2 aromatic rings. The van der Waals surface area contributed by atoms with E-state index in [1.165, 1.54) is 5.56 Å². The predicted molar refractivity (Wildman–Crippen MR) is 76.9 cm³/mol. The summed E-state index contributed by atoms with van der Waals surface area (Å²) < 4.78 is 0. The summed E-state index contributed by atoms with van der Waals surface area (Å²) in [5.74, 6) is 0. The Morgan fingerprint density at radius 2 is 1.85 bits per heavy atom. The highest BCUT2D eigenvalue weighted by molar-refractivity contribution is 5.32. The van der Waals surface area contributed by atoms with E-state index in [4.69, 9.17) is 5.26 Å². The summed E-state index contributed by atoms with van der Waals surface area (Å²) in [5, 5.41) is 19.0. The van der Waals surface area contributed by atoms with E-state index < -0.39 is 6.10 Å². The minimum atomic E-state index is -0.503. The van der Waals surface area contributed by atoms with Crippen molar-refractivity contribution in [2.75, 3.05) is 13.1 Å². The molecule has 1 aliphatic rings. The van der Waals surface area contributed by atoms with Gasteiger partial charge >= 0.3 is 0 Å². The van der Waals surface area contributed by atoms with Crippen LogP contribution in [-0.2, 0) is 0 Å². The number of β-amino-alcohol motifs (C(OH)–C–C–N with tert-alkyl or cyclic N) is 1. The number of nitrogens with zero attached hydrogens (tertiary/aromatic N) is 2. The van der Waals surface area contributed by atoms with Crippen LogP contribution in [0.3, 0.4) is 0 Å². The molecule has 3 unspecified atom stereocenters. The Morgan fingerprint density at radius 1 is 1.15 bits per heavy atom. The number of nitriles is 1. The zero-order valence-electron chi connectivity index (χ0n) is 11.1. The summed E-state index contributed by atoms with van der Waals surface area (Å²) in [4.78, 5) is 2.25. The highest BCUT2D eigenvalue weighted by Gasteiger charge is 2.36. The Balaban J connectivity index is 1.60. The van der Waals surface area contributed by atoms with Gasteiger partial charge in [0.05, 0.1) is 17.7 Å². The summed E-state index contributed by atoms with van der Waals surface area (Å²) in [7, 11) is 0. The van der Waals surface area contributed by atoms with E-state index >= 15 is 0 Å². The smallest absolute Gasteiger partial charge is 0.0991 e. The van der Waals surface area contributed by atoms with Crippen molar-refractivity contribution in [2.24, 2.45) is 0 Å². The molecule has 2 aromatic carbocycles. The second-order valence-corrected chi connectivity index (χ2v) is 5.13. The summed E-state index contributed by atoms with van der Waals surface area (Å²) in [6.45, 7) is 1.63. The van der Waals surface area contributed by atoms with Crippen LogP contribution in [0.25, 0.3) is 0 Å². The monoisotopic (exact) mass is 264 g/mol. The fourth-order valence-electron chi connectivity index (χ4n) is 2.48. The van der Waals surface area contributed by atoms with Crippen molar-refractivity contribution in [2.45, 2.75) is 12.1 Å². The molecule has 1 saturated heterocycles. The van der Waals surface area contributed by atoms with Gasteiger partial charge in [0.25, 0.3) is 0 Å². The maximum Gasteiger partial charge on any atom is 0.0991 e. The third-order valence-corrected chi connectivity index (χ3v) is 3.73. The molecule has 0 aromatic heterocycles. The van der Waals surface area contributed by atoms with Crippen LogP contribution in [-0.4, -0.2) is 23.1 Å². The second-order valence-electron chi connectivity index (χ2n) is 5.13. The molecule has 3 atom stereocenters. The van der Waals surface area contributed by atoms with Crippen LogP contribution in [0.4, 0.5) is 0 Å². The van der Waals surface area contributed by atoms with Crippen molar-refractivity contribution < 1.29 is 5.11 Å². The summed E-state index contributed by atoms with van der Waals surface area (Å²) in [6, 6.07) is 20.0. The minimum absolute atomic E-state index is 0.434. The molecule has 1 heterocycles. The van der Waals surface area contributed by atoms with Crippen LogP contribution in [0.15, 0.2) is 54.6 Å². The van der Waals surface area contributed by atoms with Crippen LogP contribution >= 0.6 is 0 Å². The van der Waals surface area contributed by atoms with E-state index in [9.17, 15) is 5.11 Å². The molecule has 1 fully saturated rings. The van der Waals surface area contributed by atoms with Crippen LogP contribution in [0, 0.1) is 11.3 Å². The van der Waals surface area contributed by atoms with Gasteiger partial charge in [-0.15, -0.1) is 0 Å². The first-order chi connectivity index (χ1) is 9.78. The lowest BCUT2D eigenvalue weighted by Crippen LogP contribution is -2.11. The number of aliphatic hydroxyl groups is 1. The lowest BCUT2D eigenvalue weighted by Gasteiger charge is -2.12. The molecule has 3 rings (SSSR count). The lowest BCUT2D eigenvalue weighted by molar-refractivity contribution is 0.153. The number of aliphatic hydroxyl groups excluding tert-OH is 1. The van der Waals surface area contributed by atoms with E-state index in [0.29, 0.717) is 18.2 Å². The summed E-state index contributed by atoms with van der Waals surface area (Å²) in [6.07, 6.45) is -0.503. The van der Waals surface area contributed by atoms with Crippen LogP contribution in [0.5, 0.6) is 0 Å². The van der Waals surface area contributed by atoms with Crippen molar-refractivity contribution in [3.05, 3.63) is 71.3 Å². The van der Waals surface area contributed by atoms with E-state index in [0.717, 1.165) is 12.1 Å². The highest BCUT2D eigenvalue weighted by Crippen LogP contribution is 2.36. The molecule has 1 N–H and O–H groups in total. The third-order valence-electron chi connectivity index (χ3n) is 3.73. The van der Waals surface area contributed by atoms with E-state index in [1.54, 1.807) is 12.1 Å². The Kier molecular flexibility index (Phi) is 3.51. The molecular formula is C17H16N2O. The number of hydrogen-bond donors (Lipinski definition) is 1. The Bertz CT molecular complexity index is 616. The van der Waals surface area contributed by atoms with Crippen molar-refractivity contribution in [3.8, 4) is 6.07 Å². The molecule has 1 aliphatic heterocycles. The van der Waals surface area contributed by atoms with E-state index in [-0.39, 0.29) is 0 Å². The van der Waals surface area contributed by atoms with Gasteiger partial charge < -0.3 is 5.11 Å². The quantitative estimate of drug-likeness (QED) is 0.864. The molecule has 20 heavy (non-hydrogen) atoms. The largest absolute Gasteiger partial charge is 0.387 e. The standard InChI is InChI=1S/C17H16N2O/c18-10-13-6-8-15(9-7-13)17(20)12-19-11-16(19)14-4-2-1-3-5-14/h1-9,16-17,20H,11-12H2. The second kappa shape index (κ2) is 5.46. The summed E-state index contributed by atoms with van der Waals surface area (Å²) >= 11 is 0. The fraction of sp³-hybridized carbons (Fsp3) is 0.235. The maximum absolute atomic E-state index is 10.2. The van der Waals surface area contributed by atoms with Crippen LogP contribution in [0.2, 0.25) is 0 Å². The normalized spacial score (nSPS) is 22.0. The average Bonchev–Trinajstić information content (AvgIpc) is 3.27. The zero-order chi connectivity index (χ0) is 13.9. The molecule has 3 heteroatoms. The van der Waals surface area contributed by atoms with Crippen molar-refractivity contribution >= 4 is 0 Å². The molecule has 0 spiro atoms. The van der Waals surface area contributed by atoms with Crippen LogP contribution < -0.4 is 0 Å². The first-order valence-electron chi connectivity index (χ1n) is 6.75. The Morgan fingerprint density at radius 3 is 2.50 bits per heavy atom. The van der Waals surface area contributed by atoms with Gasteiger partial charge in [-0.3, -0.25) is 4.90 Å². The minimum Gasteiger partial charge on any atom is -0.387 e. The number of hydrogen-bond acceptors (Lipinski definition) is 3. The molecule has 100 valence electrons. The predicted octanol–water partition coefficient (Wildman–Crippen LogP) is 2.65. The lowest BCUT2D eigenvalue weighted by atomic mass is 10.1. The van der Waals surface area contributed by atoms with Gasteiger partial charge in [-0.05, 0) is 23.3 Å². The van der Waals surface area contributed by atoms with Gasteiger partial charge in [0, 0.05) is 19.1 Å². The van der Waals surface area contributed by atoms with Crippen molar-refractivity contribution in [3.63, 3.8) is 0 Å². The maximum atomic E-state index is 10.2. The number of rotatable bonds is 4. The SMILES string of the molecule is N#Cc1ccc(C(O)CN2CC2c2ccccc2)cc1. The van der Waals surface area contributed by atoms with E-state index in [1.807, 2.05) is 30.3 Å². The molecule has 0 amide bonds. The third kappa shape index (κ3) is 2.72. The van der Waals surface area contributed by atoms with Gasteiger partial charge in [-0.1, -0.05) is 42.5 Å². The molecule has 0 aliphatic carbocycles. The number of benzene rings is 2. The topological polar surface area (TPSA) is 47.0 Å². The fourth-order valence-corrected chi connectivity index (χ4v) is 2.48. The van der Waals surface area contributed by atoms with Gasteiger partial charge in [0.1, 0.15) is 0 Å². The molecule has 0 saturated carbocycles. The molecular weight excluding hydrogens is 248 g/mol. The van der Waals surface area contributed by atoms with Gasteiger partial charge in [0.2, 0.25) is 0 Å². The first-order valence-corrected chi connectivity index (χ1v) is 6.75. The van der Waals surface area contributed by atoms with Gasteiger partial charge in [0.15, 0.2) is 0 Å². The molecule has 0 bridgehead atoms.